The molecule has 4 aliphatic heterocycles. The minimum Gasteiger partial charge on any atom is -0.391 e. The minimum absolute atomic E-state index is 0.111. The highest BCUT2D eigenvalue weighted by molar-refractivity contribution is 8.05. The van der Waals surface area contributed by atoms with Crippen molar-refractivity contribution >= 4 is 40.9 Å². The van der Waals surface area contributed by atoms with Crippen molar-refractivity contribution in [3.63, 3.8) is 0 Å². The molecule has 0 fully saturated rings. The number of likely N-dealkylation sites (N-methyl/N-ethyl adjacent to an activating group) is 1. The second kappa shape index (κ2) is 16.3. The molecule has 0 radical (unpaired) electrons. The van der Waals surface area contributed by atoms with Crippen molar-refractivity contribution in [1.82, 2.24) is 15.5 Å². The predicted octanol–water partition coefficient (Wildman–Crippen LogP) is 7.06. The van der Waals surface area contributed by atoms with Gasteiger partial charge in [-0.05, 0) is 70.0 Å². The van der Waals surface area contributed by atoms with E-state index < -0.39 is 0 Å². The number of allylic oxidation sites excluding steroid dienone is 7. The Hall–Kier alpha value is -4.27. The van der Waals surface area contributed by atoms with Crippen molar-refractivity contribution in [3.05, 3.63) is 153 Å². The Bertz CT molecular complexity index is 1630. The molecule has 0 spiro atoms. The average Bonchev–Trinajstić information content (AvgIpc) is 3.67. The summed E-state index contributed by atoms with van der Waals surface area (Å²) in [5.74, 6) is 1.54. The van der Waals surface area contributed by atoms with Gasteiger partial charge < -0.3 is 27.0 Å². The topological polar surface area (TPSA) is 91.7 Å². The van der Waals surface area contributed by atoms with Gasteiger partial charge in [0.25, 0.3) is 0 Å². The number of aliphatic imine (C=N–C) groups is 1. The van der Waals surface area contributed by atoms with Crippen molar-refractivity contribution in [1.29, 1.82) is 0 Å². The zero-order chi connectivity index (χ0) is 32.3. The number of hydrogen-bond acceptors (Lipinski definition) is 8. The SMILES string of the molecule is CC.CN1CC=C(c2ccc(CS/C(N)=C(\N)SCc3ccc(C4=CC(C5=CC=CCN5)NC=C4)cc3)cc2)C=C1C1C=CC=N1. The summed E-state index contributed by atoms with van der Waals surface area (Å²) >= 11 is 3.17. The number of nitrogens with one attached hydrogen (secondary N) is 2. The largest absolute Gasteiger partial charge is 0.391 e. The monoisotopic (exact) mass is 648 g/mol. The highest BCUT2D eigenvalue weighted by Crippen LogP contribution is 2.30. The molecule has 2 aromatic carbocycles. The van der Waals surface area contributed by atoms with Gasteiger partial charge in [-0.1, -0.05) is 86.7 Å². The van der Waals surface area contributed by atoms with E-state index in [2.05, 4.69) is 125 Å². The van der Waals surface area contributed by atoms with E-state index in [9.17, 15) is 0 Å². The molecule has 46 heavy (non-hydrogen) atoms. The van der Waals surface area contributed by atoms with Crippen LogP contribution in [0.5, 0.6) is 0 Å². The van der Waals surface area contributed by atoms with E-state index in [4.69, 9.17) is 11.5 Å². The number of dihydropyridines is 2. The highest BCUT2D eigenvalue weighted by Gasteiger charge is 2.19. The van der Waals surface area contributed by atoms with Gasteiger partial charge in [-0.25, -0.2) is 0 Å². The molecule has 2 atom stereocenters. The van der Waals surface area contributed by atoms with Crippen molar-refractivity contribution < 1.29 is 0 Å². The lowest BCUT2D eigenvalue weighted by Gasteiger charge is -2.28. The van der Waals surface area contributed by atoms with E-state index in [1.54, 1.807) is 23.5 Å². The number of nitrogens with zero attached hydrogens (tertiary/aromatic N) is 2. The first-order valence-electron chi connectivity index (χ1n) is 15.8. The third kappa shape index (κ3) is 8.50. The van der Waals surface area contributed by atoms with Crippen LogP contribution in [-0.4, -0.2) is 43.3 Å². The number of hydrogen-bond donors (Lipinski definition) is 4. The average molecular weight is 649 g/mol. The van der Waals surface area contributed by atoms with Gasteiger partial charge >= 0.3 is 0 Å². The summed E-state index contributed by atoms with van der Waals surface area (Å²) in [4.78, 5) is 6.81. The molecule has 0 saturated heterocycles. The van der Waals surface area contributed by atoms with E-state index in [-0.39, 0.29) is 12.1 Å². The molecule has 4 aliphatic rings. The Kier molecular flexibility index (Phi) is 11.8. The summed E-state index contributed by atoms with van der Waals surface area (Å²) in [7, 11) is 2.12. The van der Waals surface area contributed by atoms with Crippen molar-refractivity contribution in [3.8, 4) is 0 Å². The first-order chi connectivity index (χ1) is 22.5. The van der Waals surface area contributed by atoms with Gasteiger partial charge in [-0.3, -0.25) is 4.99 Å². The molecule has 0 bridgehead atoms. The number of rotatable bonds is 10. The van der Waals surface area contributed by atoms with Crippen LogP contribution in [0.1, 0.15) is 36.1 Å². The summed E-state index contributed by atoms with van der Waals surface area (Å²) in [5.41, 5.74) is 22.5. The van der Waals surface area contributed by atoms with Crippen LogP contribution in [0.25, 0.3) is 11.1 Å². The van der Waals surface area contributed by atoms with E-state index in [1.807, 2.05) is 32.3 Å². The van der Waals surface area contributed by atoms with Crippen molar-refractivity contribution in [2.45, 2.75) is 37.4 Å². The smallest absolute Gasteiger partial charge is 0.108 e. The maximum atomic E-state index is 6.38. The van der Waals surface area contributed by atoms with E-state index in [1.165, 1.54) is 44.8 Å². The fourth-order valence-corrected chi connectivity index (χ4v) is 7.01. The molecule has 0 aromatic heterocycles. The van der Waals surface area contributed by atoms with Crippen LogP contribution >= 0.6 is 23.5 Å². The van der Waals surface area contributed by atoms with Crippen LogP contribution in [0.3, 0.4) is 0 Å². The third-order valence-electron chi connectivity index (χ3n) is 7.92. The first-order valence-corrected chi connectivity index (χ1v) is 17.8. The molecular weight excluding hydrogens is 605 g/mol. The summed E-state index contributed by atoms with van der Waals surface area (Å²) in [6.45, 7) is 5.74. The molecular formula is C38H44N6S2. The van der Waals surface area contributed by atoms with Crippen LogP contribution in [0, 0.1) is 0 Å². The molecule has 0 amide bonds. The molecule has 2 aromatic rings. The molecule has 0 aliphatic carbocycles. The quantitative estimate of drug-likeness (QED) is 0.219. The van der Waals surface area contributed by atoms with Gasteiger partial charge in [0, 0.05) is 49.3 Å². The molecule has 2 unspecified atom stereocenters. The summed E-state index contributed by atoms with van der Waals surface area (Å²) in [6.07, 6.45) is 23.3. The molecule has 4 heterocycles. The second-order valence-corrected chi connectivity index (χ2v) is 13.0. The number of benzene rings is 2. The van der Waals surface area contributed by atoms with Crippen LogP contribution in [-0.2, 0) is 11.5 Å². The number of thioether (sulfide) groups is 2. The number of nitrogens with two attached hydrogens (primary N) is 2. The van der Waals surface area contributed by atoms with E-state index in [0.717, 1.165) is 24.6 Å². The molecule has 6 rings (SSSR count). The Morgan fingerprint density at radius 1 is 0.913 bits per heavy atom. The van der Waals surface area contributed by atoms with Gasteiger partial charge in [0.1, 0.15) is 6.04 Å². The second-order valence-electron chi connectivity index (χ2n) is 11.0. The predicted molar refractivity (Wildman–Crippen MR) is 202 cm³/mol. The normalized spacial score (nSPS) is 20.4. The fourth-order valence-electron chi connectivity index (χ4n) is 5.34. The van der Waals surface area contributed by atoms with Crippen LogP contribution in [0.4, 0.5) is 0 Å². The lowest BCUT2D eigenvalue weighted by atomic mass is 9.98. The van der Waals surface area contributed by atoms with Crippen LogP contribution in [0.2, 0.25) is 0 Å². The van der Waals surface area contributed by atoms with Gasteiger partial charge in [-0.15, -0.1) is 23.5 Å². The fraction of sp³-hybridized carbons (Fsp3) is 0.237. The van der Waals surface area contributed by atoms with Gasteiger partial charge in [-0.2, -0.15) is 0 Å². The zero-order valence-corrected chi connectivity index (χ0v) is 28.5. The Morgan fingerprint density at radius 3 is 2.15 bits per heavy atom. The van der Waals surface area contributed by atoms with E-state index >= 15 is 0 Å². The minimum atomic E-state index is 0.111. The first kappa shape index (κ1) is 33.1. The lowest BCUT2D eigenvalue weighted by Crippen LogP contribution is -2.34. The van der Waals surface area contributed by atoms with E-state index in [0.29, 0.717) is 10.1 Å². The Morgan fingerprint density at radius 2 is 1.57 bits per heavy atom. The van der Waals surface area contributed by atoms with Crippen molar-refractivity contribution in [2.75, 3.05) is 20.1 Å². The van der Waals surface area contributed by atoms with Gasteiger partial charge in [0.05, 0.1) is 16.1 Å². The highest BCUT2D eigenvalue weighted by atomic mass is 32.2. The summed E-state index contributed by atoms with van der Waals surface area (Å²) in [5, 5.41) is 8.20. The van der Waals surface area contributed by atoms with Crippen LogP contribution < -0.4 is 22.1 Å². The summed E-state index contributed by atoms with van der Waals surface area (Å²) < 4.78 is 0. The molecule has 0 saturated carbocycles. The van der Waals surface area contributed by atoms with Crippen LogP contribution in [0.15, 0.2) is 136 Å². The third-order valence-corrected chi connectivity index (χ3v) is 10.1. The maximum Gasteiger partial charge on any atom is 0.108 e. The Balaban J connectivity index is 0.00000204. The van der Waals surface area contributed by atoms with Crippen molar-refractivity contribution in [2.24, 2.45) is 16.5 Å². The maximum absolute atomic E-state index is 6.38. The van der Waals surface area contributed by atoms with Gasteiger partial charge in [0.2, 0.25) is 0 Å². The lowest BCUT2D eigenvalue weighted by molar-refractivity contribution is 0.438. The molecule has 238 valence electrons. The molecule has 8 heteroatoms. The standard InChI is InChI=1S/C36H38N6S2.C2H6/c1-42-20-16-30(22-34(42)32-6-4-18-40-32)28-13-9-26(10-14-28)24-44-36(38)35(37)43-23-25-7-11-27(12-8-25)29-15-19-41-33(21-29)31-5-2-3-17-39-31;1-2/h2-16,18-19,21-22,32-33,39,41H,17,20,23-24,37-38H2,1H3;1-2H3/b36-35+;. The Labute approximate surface area is 282 Å². The molecule has 6 nitrogen and oxygen atoms in total. The van der Waals surface area contributed by atoms with Gasteiger partial charge in [0.15, 0.2) is 0 Å². The zero-order valence-electron chi connectivity index (χ0n) is 26.8. The molecule has 6 N–H and O–H groups in total. The summed E-state index contributed by atoms with van der Waals surface area (Å²) in [6, 6.07) is 17.7.